The Morgan fingerprint density at radius 3 is 2.52 bits per heavy atom. The molecule has 0 saturated carbocycles. The topological polar surface area (TPSA) is 86.9 Å². The zero-order valence-electron chi connectivity index (χ0n) is 12.0. The molecule has 21 heavy (non-hydrogen) atoms. The van der Waals surface area contributed by atoms with E-state index in [0.717, 1.165) is 0 Å². The van der Waals surface area contributed by atoms with E-state index in [1.165, 1.54) is 12.1 Å². The quantitative estimate of drug-likeness (QED) is 0.650. The number of β-amino-alcohol motifs (C(OH)–C–C–N with tert-alkyl or cyclic N) is 1. The highest BCUT2D eigenvalue weighted by molar-refractivity contribution is 5.95. The van der Waals surface area contributed by atoms with Crippen molar-refractivity contribution in [2.24, 2.45) is 0 Å². The molecule has 0 bridgehead atoms. The number of hydrogen-bond donors (Lipinski definition) is 1. The van der Waals surface area contributed by atoms with Crippen LogP contribution in [0.4, 0.5) is 5.69 Å². The Morgan fingerprint density at radius 1 is 1.29 bits per heavy atom. The second-order valence-corrected chi connectivity index (χ2v) is 5.17. The molecular weight excluding hydrogens is 274 g/mol. The lowest BCUT2D eigenvalue weighted by Crippen LogP contribution is -2.49. The van der Waals surface area contributed by atoms with Crippen LogP contribution in [-0.2, 0) is 0 Å². The number of nitro groups is 1. The Labute approximate surface area is 122 Å². The molecular formula is C14H19N3O4. The van der Waals surface area contributed by atoms with Gasteiger partial charge in [-0.25, -0.2) is 0 Å². The monoisotopic (exact) mass is 293 g/mol. The number of nitrogens with zero attached hydrogens (tertiary/aromatic N) is 3. The second-order valence-electron chi connectivity index (χ2n) is 5.17. The average molecular weight is 293 g/mol. The molecule has 7 nitrogen and oxygen atoms in total. The minimum atomic E-state index is -0.483. The van der Waals surface area contributed by atoms with Crippen LogP contribution in [0.25, 0.3) is 0 Å². The maximum atomic E-state index is 12.4. The number of rotatable bonds is 4. The van der Waals surface area contributed by atoms with Gasteiger partial charge in [0.1, 0.15) is 0 Å². The van der Waals surface area contributed by atoms with Crippen LogP contribution in [0.2, 0.25) is 0 Å². The van der Waals surface area contributed by atoms with Crippen molar-refractivity contribution < 1.29 is 14.8 Å². The predicted octanol–water partition coefficient (Wildman–Crippen LogP) is 0.653. The third kappa shape index (κ3) is 3.77. The third-order valence-corrected chi connectivity index (χ3v) is 3.60. The van der Waals surface area contributed by atoms with E-state index in [0.29, 0.717) is 43.9 Å². The Kier molecular flexibility index (Phi) is 4.87. The molecule has 0 atom stereocenters. The molecule has 1 aliphatic rings. The van der Waals surface area contributed by atoms with Crippen molar-refractivity contribution in [2.75, 3.05) is 39.3 Å². The van der Waals surface area contributed by atoms with Crippen LogP contribution in [-0.4, -0.2) is 65.1 Å². The summed E-state index contributed by atoms with van der Waals surface area (Å²) in [6.07, 6.45) is 0. The Hall–Kier alpha value is -1.99. The molecule has 1 saturated heterocycles. The summed E-state index contributed by atoms with van der Waals surface area (Å²) in [7, 11) is 0. The van der Waals surface area contributed by atoms with Gasteiger partial charge in [-0.1, -0.05) is 0 Å². The predicted molar refractivity (Wildman–Crippen MR) is 77.3 cm³/mol. The number of aliphatic hydroxyl groups excluding tert-OH is 1. The number of carbonyl (C=O) groups excluding carboxylic acids is 1. The van der Waals surface area contributed by atoms with E-state index >= 15 is 0 Å². The lowest BCUT2D eigenvalue weighted by Gasteiger charge is -2.34. The molecule has 2 rings (SSSR count). The smallest absolute Gasteiger partial charge is 0.270 e. The lowest BCUT2D eigenvalue weighted by atomic mass is 10.1. The van der Waals surface area contributed by atoms with Crippen LogP contribution in [0.1, 0.15) is 15.9 Å². The molecule has 1 aromatic carbocycles. The number of piperazine rings is 1. The van der Waals surface area contributed by atoms with Crippen molar-refractivity contribution in [3.8, 4) is 0 Å². The third-order valence-electron chi connectivity index (χ3n) is 3.60. The summed E-state index contributed by atoms with van der Waals surface area (Å²) in [5.41, 5.74) is 1.00. The summed E-state index contributed by atoms with van der Waals surface area (Å²) < 4.78 is 0. The van der Waals surface area contributed by atoms with Crippen LogP contribution in [0.15, 0.2) is 18.2 Å². The van der Waals surface area contributed by atoms with Gasteiger partial charge in [-0.2, -0.15) is 0 Å². The highest BCUT2D eigenvalue weighted by Crippen LogP contribution is 2.18. The molecule has 0 aliphatic carbocycles. The fourth-order valence-electron chi connectivity index (χ4n) is 2.49. The number of carbonyl (C=O) groups is 1. The van der Waals surface area contributed by atoms with E-state index in [1.807, 2.05) is 0 Å². The second kappa shape index (κ2) is 6.64. The van der Waals surface area contributed by atoms with E-state index in [-0.39, 0.29) is 18.2 Å². The largest absolute Gasteiger partial charge is 0.395 e. The fourth-order valence-corrected chi connectivity index (χ4v) is 2.49. The van der Waals surface area contributed by atoms with Gasteiger partial charge in [-0.05, 0) is 18.6 Å². The SMILES string of the molecule is Cc1cc(C(=O)N2CCN(CCO)CC2)cc([N+](=O)[O-])c1. The highest BCUT2D eigenvalue weighted by Gasteiger charge is 2.23. The van der Waals surface area contributed by atoms with Crippen molar-refractivity contribution in [1.29, 1.82) is 0 Å². The first-order chi connectivity index (χ1) is 10.0. The average Bonchev–Trinajstić information content (AvgIpc) is 2.47. The lowest BCUT2D eigenvalue weighted by molar-refractivity contribution is -0.384. The van der Waals surface area contributed by atoms with E-state index in [4.69, 9.17) is 5.11 Å². The van der Waals surface area contributed by atoms with Gasteiger partial charge in [0.15, 0.2) is 0 Å². The summed E-state index contributed by atoms with van der Waals surface area (Å²) in [5, 5.41) is 19.8. The van der Waals surface area contributed by atoms with Gasteiger partial charge in [0.25, 0.3) is 11.6 Å². The Morgan fingerprint density at radius 2 is 1.95 bits per heavy atom. The molecule has 1 aromatic rings. The highest BCUT2D eigenvalue weighted by atomic mass is 16.6. The first kappa shape index (κ1) is 15.4. The Bertz CT molecular complexity index is 539. The number of hydrogen-bond acceptors (Lipinski definition) is 5. The molecule has 0 spiro atoms. The molecule has 7 heteroatoms. The van der Waals surface area contributed by atoms with Gasteiger partial charge in [-0.15, -0.1) is 0 Å². The zero-order chi connectivity index (χ0) is 15.4. The van der Waals surface area contributed by atoms with Crippen molar-refractivity contribution in [1.82, 2.24) is 9.80 Å². The van der Waals surface area contributed by atoms with Crippen molar-refractivity contribution in [3.63, 3.8) is 0 Å². The first-order valence-electron chi connectivity index (χ1n) is 6.90. The standard InChI is InChI=1S/C14H19N3O4/c1-11-8-12(10-13(9-11)17(20)21)14(19)16-4-2-15(3-5-16)6-7-18/h8-10,18H,2-7H2,1H3. The van der Waals surface area contributed by atoms with Gasteiger partial charge in [0.05, 0.1) is 11.5 Å². The zero-order valence-corrected chi connectivity index (χ0v) is 12.0. The van der Waals surface area contributed by atoms with Crippen LogP contribution < -0.4 is 0 Å². The number of nitro benzene ring substituents is 1. The maximum Gasteiger partial charge on any atom is 0.270 e. The summed E-state index contributed by atoms with van der Waals surface area (Å²) >= 11 is 0. The summed E-state index contributed by atoms with van der Waals surface area (Å²) in [4.78, 5) is 26.6. The molecule has 1 fully saturated rings. The number of aliphatic hydroxyl groups is 1. The number of amides is 1. The summed E-state index contributed by atoms with van der Waals surface area (Å²) in [5.74, 6) is -0.176. The van der Waals surface area contributed by atoms with Crippen molar-refractivity contribution in [3.05, 3.63) is 39.4 Å². The molecule has 0 aromatic heterocycles. The minimum absolute atomic E-state index is 0.0581. The Balaban J connectivity index is 2.09. The summed E-state index contributed by atoms with van der Waals surface area (Å²) in [6.45, 7) is 5.01. The van der Waals surface area contributed by atoms with E-state index < -0.39 is 4.92 Å². The molecule has 0 radical (unpaired) electrons. The molecule has 114 valence electrons. The number of benzene rings is 1. The molecule has 1 heterocycles. The van der Waals surface area contributed by atoms with Gasteiger partial charge in [0, 0.05) is 50.4 Å². The number of aryl methyl sites for hydroxylation is 1. The number of non-ortho nitro benzene ring substituents is 1. The van der Waals surface area contributed by atoms with Gasteiger partial charge in [-0.3, -0.25) is 19.8 Å². The normalized spacial score (nSPS) is 16.0. The van der Waals surface area contributed by atoms with E-state index in [9.17, 15) is 14.9 Å². The van der Waals surface area contributed by atoms with Gasteiger partial charge >= 0.3 is 0 Å². The van der Waals surface area contributed by atoms with E-state index in [1.54, 1.807) is 17.9 Å². The molecule has 1 amide bonds. The maximum absolute atomic E-state index is 12.4. The van der Waals surface area contributed by atoms with Crippen LogP contribution in [0, 0.1) is 17.0 Å². The van der Waals surface area contributed by atoms with Crippen LogP contribution >= 0.6 is 0 Å². The van der Waals surface area contributed by atoms with Crippen molar-refractivity contribution >= 4 is 11.6 Å². The molecule has 0 unspecified atom stereocenters. The molecule has 1 aliphatic heterocycles. The van der Waals surface area contributed by atoms with Gasteiger partial charge < -0.3 is 10.0 Å². The van der Waals surface area contributed by atoms with Crippen molar-refractivity contribution in [2.45, 2.75) is 6.92 Å². The summed E-state index contributed by atoms with van der Waals surface area (Å²) in [6, 6.07) is 4.46. The van der Waals surface area contributed by atoms with E-state index in [2.05, 4.69) is 4.90 Å². The minimum Gasteiger partial charge on any atom is -0.395 e. The van der Waals surface area contributed by atoms with Gasteiger partial charge in [0.2, 0.25) is 0 Å². The molecule has 1 N–H and O–H groups in total. The van der Waals surface area contributed by atoms with Crippen LogP contribution in [0.5, 0.6) is 0 Å². The van der Waals surface area contributed by atoms with Crippen LogP contribution in [0.3, 0.4) is 0 Å². The fraction of sp³-hybridized carbons (Fsp3) is 0.500. The first-order valence-corrected chi connectivity index (χ1v) is 6.90.